The second-order valence-electron chi connectivity index (χ2n) is 6.61. The van der Waals surface area contributed by atoms with Crippen molar-refractivity contribution in [1.82, 2.24) is 24.9 Å². The van der Waals surface area contributed by atoms with Crippen molar-refractivity contribution >= 4 is 17.5 Å². The van der Waals surface area contributed by atoms with Gasteiger partial charge in [-0.15, -0.1) is 0 Å². The molecule has 2 N–H and O–H groups in total. The molecule has 0 aliphatic carbocycles. The fraction of sp³-hybridized carbons (Fsp3) is 0.150. The Morgan fingerprint density at radius 2 is 2.10 bits per heavy atom. The molecule has 1 amide bonds. The lowest BCUT2D eigenvalue weighted by atomic mass is 10.1. The van der Waals surface area contributed by atoms with Crippen molar-refractivity contribution in [3.05, 3.63) is 64.8 Å². The summed E-state index contributed by atoms with van der Waals surface area (Å²) in [7, 11) is 1.74. The minimum Gasteiger partial charge on any atom is -0.471 e. The van der Waals surface area contributed by atoms with E-state index in [9.17, 15) is 9.18 Å². The Kier molecular flexibility index (Phi) is 5.63. The Hall–Kier alpha value is -3.79. The van der Waals surface area contributed by atoms with Crippen molar-refractivity contribution < 1.29 is 18.4 Å². The third-order valence-electron chi connectivity index (χ3n) is 4.43. The summed E-state index contributed by atoms with van der Waals surface area (Å²) in [4.78, 5) is 19.4. The number of halogens is 2. The Balaban J connectivity index is 1.57. The number of aromatic nitrogens is 5. The number of carbonyl (C=O) groups excluding carboxylic acids is 1. The fourth-order valence-corrected chi connectivity index (χ4v) is 3.18. The van der Waals surface area contributed by atoms with Gasteiger partial charge in [0, 0.05) is 18.7 Å². The molecule has 1 aromatic carbocycles. The van der Waals surface area contributed by atoms with E-state index in [1.54, 1.807) is 36.1 Å². The van der Waals surface area contributed by atoms with Crippen LogP contribution in [-0.4, -0.2) is 30.8 Å². The third kappa shape index (κ3) is 4.53. The summed E-state index contributed by atoms with van der Waals surface area (Å²) in [5.41, 5.74) is 7.68. The van der Waals surface area contributed by atoms with Crippen LogP contribution in [0.15, 0.2) is 47.2 Å². The zero-order valence-corrected chi connectivity index (χ0v) is 17.0. The summed E-state index contributed by atoms with van der Waals surface area (Å²) in [6, 6.07) is 7.75. The molecule has 3 aromatic heterocycles. The molecule has 0 aliphatic rings. The molecule has 4 aromatic rings. The van der Waals surface area contributed by atoms with E-state index < -0.39 is 11.7 Å². The SMILES string of the molecule is Cn1ncc(-c2nc(-c3ccc(CC(N)=O)cc3Cl)no2)c1COc1ccc(F)cn1. The second kappa shape index (κ2) is 8.52. The first kappa shape index (κ1) is 20.5. The van der Waals surface area contributed by atoms with E-state index in [-0.39, 0.29) is 30.6 Å². The van der Waals surface area contributed by atoms with Gasteiger partial charge in [-0.3, -0.25) is 9.48 Å². The highest BCUT2D eigenvalue weighted by atomic mass is 35.5. The van der Waals surface area contributed by atoms with Gasteiger partial charge in [0.05, 0.1) is 35.1 Å². The van der Waals surface area contributed by atoms with Crippen LogP contribution in [0.5, 0.6) is 5.88 Å². The summed E-state index contributed by atoms with van der Waals surface area (Å²) in [6.07, 6.45) is 2.73. The number of pyridine rings is 1. The van der Waals surface area contributed by atoms with Crippen molar-refractivity contribution in [3.63, 3.8) is 0 Å². The Labute approximate surface area is 180 Å². The van der Waals surface area contributed by atoms with E-state index in [0.717, 1.165) is 6.20 Å². The number of benzene rings is 1. The van der Waals surface area contributed by atoms with Crippen LogP contribution in [-0.2, 0) is 24.9 Å². The predicted octanol–water partition coefficient (Wildman–Crippen LogP) is 2.93. The molecule has 0 atom stereocenters. The Bertz CT molecular complexity index is 1240. The number of primary amides is 1. The van der Waals surface area contributed by atoms with Gasteiger partial charge in [-0.25, -0.2) is 9.37 Å². The maximum absolute atomic E-state index is 13.0. The maximum Gasteiger partial charge on any atom is 0.261 e. The number of hydrogen-bond acceptors (Lipinski definition) is 7. The van der Waals surface area contributed by atoms with Gasteiger partial charge in [0.15, 0.2) is 0 Å². The van der Waals surface area contributed by atoms with Crippen molar-refractivity contribution in [1.29, 1.82) is 0 Å². The van der Waals surface area contributed by atoms with E-state index in [4.69, 9.17) is 26.6 Å². The van der Waals surface area contributed by atoms with E-state index in [1.807, 2.05) is 0 Å². The quantitative estimate of drug-likeness (QED) is 0.466. The van der Waals surface area contributed by atoms with E-state index in [1.165, 1.54) is 12.1 Å². The van der Waals surface area contributed by atoms with Crippen LogP contribution in [0.25, 0.3) is 22.8 Å². The van der Waals surface area contributed by atoms with Crippen LogP contribution in [0.4, 0.5) is 4.39 Å². The van der Waals surface area contributed by atoms with Crippen LogP contribution < -0.4 is 10.5 Å². The first-order valence-corrected chi connectivity index (χ1v) is 9.45. The minimum absolute atomic E-state index is 0.0828. The fourth-order valence-electron chi connectivity index (χ4n) is 2.90. The number of carbonyl (C=O) groups is 1. The van der Waals surface area contributed by atoms with Crippen molar-refractivity contribution in [3.8, 4) is 28.7 Å². The van der Waals surface area contributed by atoms with Crippen LogP contribution >= 0.6 is 11.6 Å². The first-order valence-electron chi connectivity index (χ1n) is 9.07. The standard InChI is InChI=1S/C20H16ClFN6O3/c1-28-16(10-30-18-5-3-12(22)8-24-18)14(9-25-28)20-26-19(27-31-20)13-4-2-11(6-15(13)21)7-17(23)29/h2-6,8-9H,7,10H2,1H3,(H2,23,29). The molecule has 0 spiro atoms. The van der Waals surface area contributed by atoms with Gasteiger partial charge in [0.2, 0.25) is 17.6 Å². The van der Waals surface area contributed by atoms with Crippen LogP contribution in [0, 0.1) is 5.82 Å². The summed E-state index contributed by atoms with van der Waals surface area (Å²) < 4.78 is 25.6. The Morgan fingerprint density at radius 1 is 1.26 bits per heavy atom. The number of hydrogen-bond donors (Lipinski definition) is 1. The molecule has 0 aliphatic heterocycles. The number of ether oxygens (including phenoxy) is 1. The lowest BCUT2D eigenvalue weighted by molar-refractivity contribution is -0.117. The zero-order chi connectivity index (χ0) is 22.0. The van der Waals surface area contributed by atoms with Crippen molar-refractivity contribution in [2.75, 3.05) is 0 Å². The monoisotopic (exact) mass is 442 g/mol. The van der Waals surface area contributed by atoms with E-state index in [2.05, 4.69) is 20.2 Å². The molecule has 0 radical (unpaired) electrons. The summed E-state index contributed by atoms with van der Waals surface area (Å²) in [5.74, 6) is -0.128. The van der Waals surface area contributed by atoms with Crippen LogP contribution in [0.1, 0.15) is 11.3 Å². The van der Waals surface area contributed by atoms with Crippen LogP contribution in [0.2, 0.25) is 5.02 Å². The lowest BCUT2D eigenvalue weighted by Crippen LogP contribution is -2.13. The topological polar surface area (TPSA) is 122 Å². The number of nitrogens with zero attached hydrogens (tertiary/aromatic N) is 5. The molecule has 31 heavy (non-hydrogen) atoms. The highest BCUT2D eigenvalue weighted by Gasteiger charge is 2.20. The average molecular weight is 443 g/mol. The smallest absolute Gasteiger partial charge is 0.261 e. The molecule has 0 saturated heterocycles. The number of rotatable bonds is 7. The molecule has 0 bridgehead atoms. The molecule has 0 unspecified atom stereocenters. The highest BCUT2D eigenvalue weighted by Crippen LogP contribution is 2.30. The van der Waals surface area contributed by atoms with Crippen molar-refractivity contribution in [2.45, 2.75) is 13.0 Å². The molecule has 0 saturated carbocycles. The molecule has 0 fully saturated rings. The highest BCUT2D eigenvalue weighted by molar-refractivity contribution is 6.33. The van der Waals surface area contributed by atoms with E-state index >= 15 is 0 Å². The molecule has 9 nitrogen and oxygen atoms in total. The van der Waals surface area contributed by atoms with Gasteiger partial charge < -0.3 is 15.0 Å². The summed E-state index contributed by atoms with van der Waals surface area (Å²) in [5, 5.41) is 8.58. The van der Waals surface area contributed by atoms with Crippen molar-refractivity contribution in [2.24, 2.45) is 12.8 Å². The molecular formula is C20H16ClFN6O3. The third-order valence-corrected chi connectivity index (χ3v) is 4.74. The second-order valence-corrected chi connectivity index (χ2v) is 7.02. The predicted molar refractivity (Wildman–Crippen MR) is 108 cm³/mol. The molecule has 11 heteroatoms. The number of amides is 1. The van der Waals surface area contributed by atoms with Gasteiger partial charge in [-0.1, -0.05) is 22.8 Å². The molecular weight excluding hydrogens is 427 g/mol. The van der Waals surface area contributed by atoms with Gasteiger partial charge in [0.1, 0.15) is 12.4 Å². The van der Waals surface area contributed by atoms with Gasteiger partial charge in [-0.05, 0) is 23.8 Å². The van der Waals surface area contributed by atoms with E-state index in [0.29, 0.717) is 27.4 Å². The van der Waals surface area contributed by atoms with Gasteiger partial charge in [-0.2, -0.15) is 10.1 Å². The number of nitrogens with two attached hydrogens (primary N) is 1. The van der Waals surface area contributed by atoms with Crippen LogP contribution in [0.3, 0.4) is 0 Å². The Morgan fingerprint density at radius 3 is 2.81 bits per heavy atom. The zero-order valence-electron chi connectivity index (χ0n) is 16.2. The van der Waals surface area contributed by atoms with Gasteiger partial charge >= 0.3 is 0 Å². The number of aryl methyl sites for hydroxylation is 1. The first-order chi connectivity index (χ1) is 14.9. The molecule has 3 heterocycles. The largest absolute Gasteiger partial charge is 0.471 e. The maximum atomic E-state index is 13.0. The summed E-state index contributed by atoms with van der Waals surface area (Å²) in [6.45, 7) is 0.102. The average Bonchev–Trinajstić information content (AvgIpc) is 3.34. The lowest BCUT2D eigenvalue weighted by Gasteiger charge is -2.06. The molecule has 4 rings (SSSR count). The molecule has 158 valence electrons. The summed E-state index contributed by atoms with van der Waals surface area (Å²) >= 11 is 6.32. The normalized spacial score (nSPS) is 10.9. The van der Waals surface area contributed by atoms with Gasteiger partial charge in [0.25, 0.3) is 5.89 Å². The minimum atomic E-state index is -0.451.